The van der Waals surface area contributed by atoms with Crippen molar-refractivity contribution in [3.8, 4) is 5.75 Å². The Balaban J connectivity index is 2.90. The molecule has 0 aliphatic carbocycles. The molecule has 0 saturated carbocycles. The second kappa shape index (κ2) is 5.11. The molecule has 3 heteroatoms. The molecule has 0 fully saturated rings. The molecule has 18 heavy (non-hydrogen) atoms. The zero-order chi connectivity index (χ0) is 14.0. The smallest absolute Gasteiger partial charge is 0.165 e. The van der Waals surface area contributed by atoms with Gasteiger partial charge >= 0.3 is 0 Å². The first kappa shape index (κ1) is 14.7. The van der Waals surface area contributed by atoms with Gasteiger partial charge in [-0.3, -0.25) is 4.79 Å². The monoisotopic (exact) mass is 250 g/mol. The fourth-order valence-corrected chi connectivity index (χ4v) is 1.31. The molecule has 100 valence electrons. The zero-order valence-corrected chi connectivity index (χ0v) is 12.0. The van der Waals surface area contributed by atoms with Crippen molar-refractivity contribution in [3.05, 3.63) is 29.8 Å². The third-order valence-corrected chi connectivity index (χ3v) is 2.82. The summed E-state index contributed by atoms with van der Waals surface area (Å²) in [6.07, 6.45) is 0. The molecule has 0 radical (unpaired) electrons. The van der Waals surface area contributed by atoms with Gasteiger partial charge in [-0.15, -0.1) is 0 Å². The van der Waals surface area contributed by atoms with Gasteiger partial charge in [-0.25, -0.2) is 0 Å². The van der Waals surface area contributed by atoms with E-state index < -0.39 is 5.41 Å². The lowest BCUT2D eigenvalue weighted by Crippen LogP contribution is -2.26. The highest BCUT2D eigenvalue weighted by molar-refractivity contribution is 5.87. The van der Waals surface area contributed by atoms with E-state index in [0.717, 1.165) is 5.56 Å². The Morgan fingerprint density at radius 1 is 1.11 bits per heavy atom. The molecule has 0 spiro atoms. The van der Waals surface area contributed by atoms with Gasteiger partial charge in [0.2, 0.25) is 0 Å². The predicted octanol–water partition coefficient (Wildman–Crippen LogP) is 3.66. The van der Waals surface area contributed by atoms with E-state index in [2.05, 4.69) is 0 Å². The fraction of sp³-hybridized carbons (Fsp3) is 0.533. The zero-order valence-electron chi connectivity index (χ0n) is 12.0. The SMILES string of the molecule is CC(=O)C(C)(C)c1cccc(OOC(C)(C)C)c1. The van der Waals surface area contributed by atoms with Crippen LogP contribution in [0.4, 0.5) is 0 Å². The van der Waals surface area contributed by atoms with Gasteiger partial charge in [0.1, 0.15) is 11.4 Å². The van der Waals surface area contributed by atoms with E-state index in [1.54, 1.807) is 6.92 Å². The molecule has 0 aliphatic heterocycles. The Bertz CT molecular complexity index is 428. The average Bonchev–Trinajstić information content (AvgIpc) is 2.25. The summed E-state index contributed by atoms with van der Waals surface area (Å²) in [5, 5.41) is 0. The van der Waals surface area contributed by atoms with E-state index in [0.29, 0.717) is 5.75 Å². The molecular formula is C15H22O3. The maximum Gasteiger partial charge on any atom is 0.165 e. The second-order valence-corrected chi connectivity index (χ2v) is 5.99. The van der Waals surface area contributed by atoms with Crippen LogP contribution in [0.5, 0.6) is 5.75 Å². The summed E-state index contributed by atoms with van der Waals surface area (Å²) in [6, 6.07) is 7.44. The molecule has 0 heterocycles. The summed E-state index contributed by atoms with van der Waals surface area (Å²) < 4.78 is 0. The first-order valence-corrected chi connectivity index (χ1v) is 6.10. The molecule has 0 unspecified atom stereocenters. The molecule has 0 N–H and O–H groups in total. The first-order valence-electron chi connectivity index (χ1n) is 6.10. The van der Waals surface area contributed by atoms with E-state index in [9.17, 15) is 4.79 Å². The number of hydrogen-bond acceptors (Lipinski definition) is 3. The van der Waals surface area contributed by atoms with Crippen molar-refractivity contribution in [2.24, 2.45) is 0 Å². The summed E-state index contributed by atoms with van der Waals surface area (Å²) in [5.41, 5.74) is 0.0396. The van der Waals surface area contributed by atoms with Crippen LogP contribution in [0.15, 0.2) is 24.3 Å². The Morgan fingerprint density at radius 2 is 1.72 bits per heavy atom. The molecule has 0 atom stereocenters. The third kappa shape index (κ3) is 3.84. The molecule has 1 aromatic carbocycles. The van der Waals surface area contributed by atoms with Crippen molar-refractivity contribution in [1.82, 2.24) is 0 Å². The summed E-state index contributed by atoms with van der Waals surface area (Å²) in [4.78, 5) is 22.2. The van der Waals surface area contributed by atoms with Crippen molar-refractivity contribution in [1.29, 1.82) is 0 Å². The van der Waals surface area contributed by atoms with Crippen LogP contribution in [0.3, 0.4) is 0 Å². The van der Waals surface area contributed by atoms with Gasteiger partial charge in [0, 0.05) is 5.41 Å². The van der Waals surface area contributed by atoms with Crippen LogP contribution in [-0.2, 0) is 15.1 Å². The van der Waals surface area contributed by atoms with Gasteiger partial charge in [-0.05, 0) is 59.2 Å². The molecule has 0 amide bonds. The second-order valence-electron chi connectivity index (χ2n) is 5.99. The Labute approximate surface area is 109 Å². The Morgan fingerprint density at radius 3 is 2.22 bits per heavy atom. The van der Waals surface area contributed by atoms with Crippen molar-refractivity contribution < 1.29 is 14.6 Å². The fourth-order valence-electron chi connectivity index (χ4n) is 1.31. The summed E-state index contributed by atoms with van der Waals surface area (Å²) in [6.45, 7) is 11.1. The molecule has 1 aromatic rings. The van der Waals surface area contributed by atoms with Gasteiger partial charge in [-0.1, -0.05) is 12.1 Å². The minimum atomic E-state index is -0.513. The van der Waals surface area contributed by atoms with E-state index >= 15 is 0 Å². The highest BCUT2D eigenvalue weighted by atomic mass is 17.2. The maximum absolute atomic E-state index is 11.6. The summed E-state index contributed by atoms with van der Waals surface area (Å²) in [5.74, 6) is 0.730. The summed E-state index contributed by atoms with van der Waals surface area (Å²) >= 11 is 0. The minimum absolute atomic E-state index is 0.122. The van der Waals surface area contributed by atoms with Crippen molar-refractivity contribution in [2.75, 3.05) is 0 Å². The van der Waals surface area contributed by atoms with Crippen LogP contribution >= 0.6 is 0 Å². The van der Waals surface area contributed by atoms with Gasteiger partial charge < -0.3 is 4.89 Å². The third-order valence-electron chi connectivity index (χ3n) is 2.82. The van der Waals surface area contributed by atoms with Gasteiger partial charge in [-0.2, -0.15) is 4.89 Å². The Hall–Kier alpha value is -1.35. The topological polar surface area (TPSA) is 35.5 Å². The van der Waals surface area contributed by atoms with Crippen LogP contribution in [0, 0.1) is 0 Å². The van der Waals surface area contributed by atoms with E-state index in [1.807, 2.05) is 58.9 Å². The Kier molecular flexibility index (Phi) is 4.17. The van der Waals surface area contributed by atoms with Gasteiger partial charge in [0.05, 0.1) is 0 Å². The van der Waals surface area contributed by atoms with Crippen molar-refractivity contribution >= 4 is 5.78 Å². The largest absolute Gasteiger partial charge is 0.337 e. The number of ketones is 1. The van der Waals surface area contributed by atoms with Crippen LogP contribution in [-0.4, -0.2) is 11.4 Å². The molecule has 0 aromatic heterocycles. The molecule has 0 saturated heterocycles. The van der Waals surface area contributed by atoms with Gasteiger partial charge in [0.15, 0.2) is 5.75 Å². The lowest BCUT2D eigenvalue weighted by Gasteiger charge is -2.23. The molecule has 0 aliphatic rings. The quantitative estimate of drug-likeness (QED) is 0.604. The highest BCUT2D eigenvalue weighted by Gasteiger charge is 2.26. The lowest BCUT2D eigenvalue weighted by atomic mass is 9.81. The van der Waals surface area contributed by atoms with Crippen molar-refractivity contribution in [3.63, 3.8) is 0 Å². The van der Waals surface area contributed by atoms with E-state index in [4.69, 9.17) is 9.78 Å². The van der Waals surface area contributed by atoms with Crippen LogP contribution in [0.25, 0.3) is 0 Å². The lowest BCUT2D eigenvalue weighted by molar-refractivity contribution is -0.274. The number of Topliss-reactive ketones (excluding diaryl/α,β-unsaturated/α-hetero) is 1. The van der Waals surface area contributed by atoms with Crippen LogP contribution in [0.1, 0.15) is 47.1 Å². The normalized spacial score (nSPS) is 12.3. The first-order chi connectivity index (χ1) is 8.13. The van der Waals surface area contributed by atoms with Crippen molar-refractivity contribution in [2.45, 2.75) is 52.6 Å². The molecule has 1 rings (SSSR count). The molecular weight excluding hydrogens is 228 g/mol. The molecule has 0 bridgehead atoms. The van der Waals surface area contributed by atoms with Crippen LogP contribution in [0.2, 0.25) is 0 Å². The molecule has 3 nitrogen and oxygen atoms in total. The average molecular weight is 250 g/mol. The standard InChI is InChI=1S/C15H22O3/c1-11(16)15(5,6)12-8-7-9-13(10-12)17-18-14(2,3)4/h7-10H,1-6H3. The number of hydrogen-bond donors (Lipinski definition) is 0. The highest BCUT2D eigenvalue weighted by Crippen LogP contribution is 2.27. The number of carbonyl (C=O) groups is 1. The number of benzene rings is 1. The minimum Gasteiger partial charge on any atom is -0.337 e. The van der Waals surface area contributed by atoms with E-state index in [-0.39, 0.29) is 11.4 Å². The maximum atomic E-state index is 11.6. The van der Waals surface area contributed by atoms with Gasteiger partial charge in [0.25, 0.3) is 0 Å². The summed E-state index contributed by atoms with van der Waals surface area (Å²) in [7, 11) is 0. The number of carbonyl (C=O) groups excluding carboxylic acids is 1. The predicted molar refractivity (Wildman–Crippen MR) is 71.6 cm³/mol. The number of rotatable bonds is 4. The van der Waals surface area contributed by atoms with E-state index in [1.165, 1.54) is 0 Å². The van der Waals surface area contributed by atoms with Crippen LogP contribution < -0.4 is 4.89 Å².